The number of aryl methyl sites for hydroxylation is 2. The smallest absolute Gasteiger partial charge is 0.410 e. The van der Waals surface area contributed by atoms with Gasteiger partial charge in [0.2, 0.25) is 0 Å². The summed E-state index contributed by atoms with van der Waals surface area (Å²) in [4.78, 5) is 43.3. The molecule has 0 aromatic carbocycles. The number of rotatable bonds is 3. The first-order valence-corrected chi connectivity index (χ1v) is 10.0. The number of furan rings is 1. The molecule has 3 aliphatic rings. The zero-order valence-electron chi connectivity index (χ0n) is 16.9. The Bertz CT molecular complexity index is 1010. The summed E-state index contributed by atoms with van der Waals surface area (Å²) in [5.74, 6) is 0.0298. The van der Waals surface area contributed by atoms with Crippen LogP contribution < -0.4 is 0 Å². The Labute approximate surface area is 172 Å². The van der Waals surface area contributed by atoms with Crippen molar-refractivity contribution in [3.8, 4) is 0 Å². The highest BCUT2D eigenvalue weighted by molar-refractivity contribution is 5.93. The molecule has 0 aliphatic carbocycles. The topological polar surface area (TPSA) is 101 Å². The van der Waals surface area contributed by atoms with Crippen molar-refractivity contribution < 1.29 is 23.5 Å². The molecular weight excluding hydrogens is 390 g/mol. The maximum Gasteiger partial charge on any atom is 0.410 e. The Morgan fingerprint density at radius 2 is 1.97 bits per heavy atom. The molecule has 10 nitrogen and oxygen atoms in total. The van der Waals surface area contributed by atoms with Gasteiger partial charge in [0.1, 0.15) is 11.8 Å². The Kier molecular flexibility index (Phi) is 4.30. The minimum atomic E-state index is -0.369. The third-order valence-corrected chi connectivity index (χ3v) is 6.28. The number of hydrogen-bond acceptors (Lipinski definition) is 6. The zero-order valence-corrected chi connectivity index (χ0v) is 16.9. The van der Waals surface area contributed by atoms with Crippen molar-refractivity contribution in [1.82, 2.24) is 24.5 Å². The van der Waals surface area contributed by atoms with Crippen LogP contribution in [0.25, 0.3) is 0 Å². The molecule has 30 heavy (non-hydrogen) atoms. The van der Waals surface area contributed by atoms with E-state index < -0.39 is 0 Å². The molecular formula is C20H23N5O5. The highest BCUT2D eigenvalue weighted by Gasteiger charge is 2.52. The normalized spacial score (nSPS) is 25.7. The van der Waals surface area contributed by atoms with Crippen LogP contribution in [0, 0.1) is 6.92 Å². The standard InChI is InChI=1S/C20H23N5O5/c1-12-5-8-29-17(12)19(27)24-10-15-16(11-24)30-20(28)25(15)13-4-7-23(9-13)18(26)14-3-6-21-22(14)2/h3,5-6,8,13,15-16H,4,7,9-11H2,1-2H3/t13?,15-,16+/m1/s1. The fourth-order valence-corrected chi connectivity index (χ4v) is 4.69. The molecule has 5 heterocycles. The predicted octanol–water partition coefficient (Wildman–Crippen LogP) is 0.881. The van der Waals surface area contributed by atoms with E-state index in [-0.39, 0.29) is 36.1 Å². The number of carbonyl (C=O) groups is 3. The molecule has 0 bridgehead atoms. The van der Waals surface area contributed by atoms with Crippen molar-refractivity contribution >= 4 is 17.9 Å². The van der Waals surface area contributed by atoms with Gasteiger partial charge in [-0.25, -0.2) is 4.79 Å². The number of ether oxygens (including phenoxy) is 1. The van der Waals surface area contributed by atoms with E-state index in [0.29, 0.717) is 44.1 Å². The first kappa shape index (κ1) is 18.7. The lowest BCUT2D eigenvalue weighted by atomic mass is 10.1. The number of fused-ring (bicyclic) bond motifs is 1. The Balaban J connectivity index is 1.28. The van der Waals surface area contributed by atoms with Crippen LogP contribution in [0.1, 0.15) is 33.0 Å². The molecule has 0 N–H and O–H groups in total. The van der Waals surface area contributed by atoms with Crippen LogP contribution in [0.4, 0.5) is 4.79 Å². The Morgan fingerprint density at radius 1 is 1.13 bits per heavy atom. The molecule has 0 spiro atoms. The van der Waals surface area contributed by atoms with E-state index >= 15 is 0 Å². The van der Waals surface area contributed by atoms with Crippen molar-refractivity contribution in [2.24, 2.45) is 7.05 Å². The largest absolute Gasteiger partial charge is 0.459 e. The second kappa shape index (κ2) is 6.89. The van der Waals surface area contributed by atoms with E-state index in [4.69, 9.17) is 9.15 Å². The van der Waals surface area contributed by atoms with E-state index in [0.717, 1.165) is 5.56 Å². The fraction of sp³-hybridized carbons (Fsp3) is 0.500. The van der Waals surface area contributed by atoms with Crippen LogP contribution in [-0.2, 0) is 11.8 Å². The van der Waals surface area contributed by atoms with Crippen molar-refractivity contribution in [3.05, 3.63) is 41.6 Å². The molecule has 2 aromatic heterocycles. The predicted molar refractivity (Wildman–Crippen MR) is 103 cm³/mol. The van der Waals surface area contributed by atoms with Gasteiger partial charge in [0, 0.05) is 38.4 Å². The first-order valence-electron chi connectivity index (χ1n) is 10.0. The fourth-order valence-electron chi connectivity index (χ4n) is 4.69. The van der Waals surface area contributed by atoms with Gasteiger partial charge in [-0.3, -0.25) is 19.2 Å². The number of nitrogens with zero attached hydrogens (tertiary/aromatic N) is 5. The van der Waals surface area contributed by atoms with Crippen LogP contribution >= 0.6 is 0 Å². The zero-order chi connectivity index (χ0) is 21.0. The third-order valence-electron chi connectivity index (χ3n) is 6.28. The molecule has 1 unspecified atom stereocenters. The minimum absolute atomic E-state index is 0.0989. The molecule has 0 saturated carbocycles. The van der Waals surface area contributed by atoms with E-state index in [1.54, 1.807) is 44.8 Å². The van der Waals surface area contributed by atoms with Crippen LogP contribution in [-0.4, -0.2) is 86.8 Å². The van der Waals surface area contributed by atoms with Crippen molar-refractivity contribution in [1.29, 1.82) is 0 Å². The molecule has 3 fully saturated rings. The molecule has 3 amide bonds. The summed E-state index contributed by atoms with van der Waals surface area (Å²) >= 11 is 0. The number of carbonyl (C=O) groups excluding carboxylic acids is 3. The summed E-state index contributed by atoms with van der Waals surface area (Å²) in [5.41, 5.74) is 1.30. The molecule has 3 aliphatic heterocycles. The van der Waals surface area contributed by atoms with Gasteiger partial charge in [-0.2, -0.15) is 5.10 Å². The van der Waals surface area contributed by atoms with Crippen molar-refractivity contribution in [2.45, 2.75) is 31.5 Å². The Hall–Kier alpha value is -3.30. The summed E-state index contributed by atoms with van der Waals surface area (Å²) in [6, 6.07) is 3.09. The Morgan fingerprint density at radius 3 is 2.67 bits per heavy atom. The maximum atomic E-state index is 12.8. The molecule has 2 aromatic rings. The van der Waals surface area contributed by atoms with Gasteiger partial charge >= 0.3 is 6.09 Å². The van der Waals surface area contributed by atoms with Gasteiger partial charge in [0.05, 0.1) is 24.9 Å². The number of amides is 3. The van der Waals surface area contributed by atoms with Gasteiger partial charge < -0.3 is 19.0 Å². The number of aromatic nitrogens is 2. The molecule has 5 rings (SSSR count). The molecule has 158 valence electrons. The summed E-state index contributed by atoms with van der Waals surface area (Å²) in [6.07, 6.45) is 3.03. The van der Waals surface area contributed by atoms with E-state index in [2.05, 4.69) is 5.10 Å². The molecule has 3 atom stereocenters. The summed E-state index contributed by atoms with van der Waals surface area (Å²) < 4.78 is 12.4. The molecule has 3 saturated heterocycles. The lowest BCUT2D eigenvalue weighted by Gasteiger charge is -2.28. The van der Waals surface area contributed by atoms with Gasteiger partial charge in [-0.1, -0.05) is 0 Å². The van der Waals surface area contributed by atoms with Crippen LogP contribution in [0.5, 0.6) is 0 Å². The average molecular weight is 413 g/mol. The highest BCUT2D eigenvalue weighted by atomic mass is 16.6. The minimum Gasteiger partial charge on any atom is -0.459 e. The maximum absolute atomic E-state index is 12.8. The summed E-state index contributed by atoms with van der Waals surface area (Å²) in [5, 5.41) is 4.05. The monoisotopic (exact) mass is 413 g/mol. The summed E-state index contributed by atoms with van der Waals surface area (Å²) in [7, 11) is 1.73. The SMILES string of the molecule is Cc1ccoc1C(=O)N1C[C@@H]2OC(=O)N(C3CCN(C(=O)c4ccnn4C)C3)[C@@H]2C1. The quantitative estimate of drug-likeness (QED) is 0.741. The van der Waals surface area contributed by atoms with Gasteiger partial charge in [-0.05, 0) is 25.5 Å². The van der Waals surface area contributed by atoms with E-state index in [9.17, 15) is 14.4 Å². The number of likely N-dealkylation sites (tertiary alicyclic amines) is 2. The van der Waals surface area contributed by atoms with Gasteiger partial charge in [0.15, 0.2) is 5.76 Å². The lowest BCUT2D eigenvalue weighted by molar-refractivity contribution is 0.0684. The summed E-state index contributed by atoms with van der Waals surface area (Å²) in [6.45, 7) is 3.56. The van der Waals surface area contributed by atoms with Crippen LogP contribution in [0.3, 0.4) is 0 Å². The van der Waals surface area contributed by atoms with Crippen LogP contribution in [0.2, 0.25) is 0 Å². The van der Waals surface area contributed by atoms with Gasteiger partial charge in [0.25, 0.3) is 11.8 Å². The number of hydrogen-bond donors (Lipinski definition) is 0. The van der Waals surface area contributed by atoms with Crippen molar-refractivity contribution in [3.63, 3.8) is 0 Å². The molecule has 10 heteroatoms. The van der Waals surface area contributed by atoms with Crippen LogP contribution in [0.15, 0.2) is 29.0 Å². The van der Waals surface area contributed by atoms with Gasteiger partial charge in [-0.15, -0.1) is 0 Å². The second-order valence-corrected chi connectivity index (χ2v) is 8.07. The highest BCUT2D eigenvalue weighted by Crippen LogP contribution is 2.33. The second-order valence-electron chi connectivity index (χ2n) is 8.07. The first-order chi connectivity index (χ1) is 14.4. The third kappa shape index (κ3) is 2.86. The van der Waals surface area contributed by atoms with E-state index in [1.165, 1.54) is 6.26 Å². The van der Waals surface area contributed by atoms with E-state index in [1.807, 2.05) is 6.92 Å². The lowest BCUT2D eigenvalue weighted by Crippen LogP contribution is -2.47. The van der Waals surface area contributed by atoms with Crippen molar-refractivity contribution in [2.75, 3.05) is 26.2 Å². The average Bonchev–Trinajstić information content (AvgIpc) is 3.49. The molecule has 0 radical (unpaired) electrons.